The summed E-state index contributed by atoms with van der Waals surface area (Å²) in [6.07, 6.45) is 2.96. The summed E-state index contributed by atoms with van der Waals surface area (Å²) < 4.78 is 4.99. The third-order valence-corrected chi connectivity index (χ3v) is 3.01. The monoisotopic (exact) mass is 281 g/mol. The van der Waals surface area contributed by atoms with Gasteiger partial charge in [-0.3, -0.25) is 9.78 Å². The number of oxazole rings is 1. The molecule has 2 N–H and O–H groups in total. The van der Waals surface area contributed by atoms with Crippen LogP contribution in [-0.4, -0.2) is 15.9 Å². The van der Waals surface area contributed by atoms with E-state index in [1.54, 1.807) is 48.5 Å². The Bertz CT molecular complexity index is 902. The van der Waals surface area contributed by atoms with Crippen molar-refractivity contribution in [3.8, 4) is 5.75 Å². The van der Waals surface area contributed by atoms with Crippen LogP contribution < -0.4 is 5.76 Å². The number of ketones is 1. The van der Waals surface area contributed by atoms with Crippen molar-refractivity contribution in [1.82, 2.24) is 4.98 Å². The largest absolute Gasteiger partial charge is 0.508 e. The lowest BCUT2D eigenvalue weighted by atomic mass is 10.1. The van der Waals surface area contributed by atoms with E-state index in [2.05, 4.69) is 4.98 Å². The Balaban J connectivity index is 1.96. The van der Waals surface area contributed by atoms with Crippen molar-refractivity contribution in [2.24, 2.45) is 0 Å². The molecule has 0 aliphatic rings. The molecule has 0 spiro atoms. The zero-order chi connectivity index (χ0) is 14.8. The fourth-order valence-corrected chi connectivity index (χ4v) is 2.06. The number of phenols is 1. The van der Waals surface area contributed by atoms with Crippen LogP contribution in [0.5, 0.6) is 5.75 Å². The smallest absolute Gasteiger partial charge is 0.417 e. The summed E-state index contributed by atoms with van der Waals surface area (Å²) in [6, 6.07) is 11.5. The predicted octanol–water partition coefficient (Wildman–Crippen LogP) is 2.72. The van der Waals surface area contributed by atoms with Gasteiger partial charge in [0, 0.05) is 0 Å². The van der Waals surface area contributed by atoms with Gasteiger partial charge in [-0.2, -0.15) is 0 Å². The van der Waals surface area contributed by atoms with E-state index in [1.807, 2.05) is 0 Å². The summed E-state index contributed by atoms with van der Waals surface area (Å²) in [5.41, 5.74) is 1.73. The number of H-pyrrole nitrogens is 1. The zero-order valence-corrected chi connectivity index (χ0v) is 10.9. The van der Waals surface area contributed by atoms with Gasteiger partial charge in [0.2, 0.25) is 0 Å². The van der Waals surface area contributed by atoms with Crippen LogP contribution in [0, 0.1) is 0 Å². The van der Waals surface area contributed by atoms with Crippen molar-refractivity contribution in [2.45, 2.75) is 0 Å². The summed E-state index contributed by atoms with van der Waals surface area (Å²) in [5, 5.41) is 9.37. The first-order chi connectivity index (χ1) is 10.1. The lowest BCUT2D eigenvalue weighted by molar-refractivity contribution is 0.104. The van der Waals surface area contributed by atoms with E-state index in [1.165, 1.54) is 6.08 Å². The topological polar surface area (TPSA) is 83.3 Å². The molecule has 0 saturated heterocycles. The Hall–Kier alpha value is -3.08. The summed E-state index contributed by atoms with van der Waals surface area (Å²) >= 11 is 0. The molecule has 1 aromatic heterocycles. The summed E-state index contributed by atoms with van der Waals surface area (Å²) in [5.74, 6) is -0.753. The highest BCUT2D eigenvalue weighted by Crippen LogP contribution is 2.17. The first kappa shape index (κ1) is 12.9. The molecule has 0 unspecified atom stereocenters. The number of phenolic OH excluding ortho intramolecular Hbond substituents is 1. The Morgan fingerprint density at radius 2 is 2.00 bits per heavy atom. The van der Waals surface area contributed by atoms with Crippen LogP contribution in [0.15, 0.2) is 57.8 Å². The molecule has 0 fully saturated rings. The van der Waals surface area contributed by atoms with Crippen LogP contribution >= 0.6 is 0 Å². The number of carbonyl (C=O) groups is 1. The highest BCUT2D eigenvalue weighted by atomic mass is 16.4. The third kappa shape index (κ3) is 2.62. The number of benzene rings is 2. The first-order valence-electron chi connectivity index (χ1n) is 6.27. The van der Waals surface area contributed by atoms with Crippen molar-refractivity contribution in [3.05, 3.63) is 70.2 Å². The van der Waals surface area contributed by atoms with E-state index in [-0.39, 0.29) is 17.1 Å². The first-order valence-corrected chi connectivity index (χ1v) is 6.27. The van der Waals surface area contributed by atoms with Crippen molar-refractivity contribution >= 4 is 23.0 Å². The van der Waals surface area contributed by atoms with E-state index in [4.69, 9.17) is 4.42 Å². The average Bonchev–Trinajstić information content (AvgIpc) is 2.84. The molecular weight excluding hydrogens is 270 g/mol. The Labute approximate surface area is 119 Å². The van der Waals surface area contributed by atoms with Gasteiger partial charge in [-0.25, -0.2) is 4.79 Å². The summed E-state index contributed by atoms with van der Waals surface area (Å²) in [4.78, 5) is 25.9. The number of aromatic amines is 1. The second-order valence-electron chi connectivity index (χ2n) is 4.49. The standard InChI is InChI=1S/C16H11NO4/c18-11-4-1-3-10(9-11)7-8-14(19)12-5-2-6-13-15(12)21-16(20)17-13/h1-9,18H,(H,17,20)/b8-7+. The van der Waals surface area contributed by atoms with Crippen molar-refractivity contribution in [2.75, 3.05) is 0 Å². The van der Waals surface area contributed by atoms with Crippen LogP contribution in [-0.2, 0) is 0 Å². The van der Waals surface area contributed by atoms with Crippen molar-refractivity contribution in [1.29, 1.82) is 0 Å². The number of fused-ring (bicyclic) bond motifs is 1. The Morgan fingerprint density at radius 3 is 2.81 bits per heavy atom. The average molecular weight is 281 g/mol. The molecule has 5 heteroatoms. The number of nitrogens with one attached hydrogen (secondary N) is 1. The van der Waals surface area contributed by atoms with Crippen LogP contribution in [0.2, 0.25) is 0 Å². The number of rotatable bonds is 3. The quantitative estimate of drug-likeness (QED) is 0.571. The van der Waals surface area contributed by atoms with Crippen molar-refractivity contribution < 1.29 is 14.3 Å². The van der Waals surface area contributed by atoms with Crippen LogP contribution in [0.3, 0.4) is 0 Å². The number of hydrogen-bond donors (Lipinski definition) is 2. The molecule has 0 amide bonds. The number of carbonyl (C=O) groups excluding carboxylic acids is 1. The van der Waals surface area contributed by atoms with E-state index in [9.17, 15) is 14.7 Å². The predicted molar refractivity (Wildman–Crippen MR) is 78.3 cm³/mol. The number of aromatic hydroxyl groups is 1. The van der Waals surface area contributed by atoms with Gasteiger partial charge in [0.15, 0.2) is 11.4 Å². The highest BCUT2D eigenvalue weighted by molar-refractivity contribution is 6.12. The summed E-state index contributed by atoms with van der Waals surface area (Å²) in [6.45, 7) is 0. The number of hydrogen-bond acceptors (Lipinski definition) is 4. The second kappa shape index (κ2) is 5.13. The van der Waals surface area contributed by atoms with Crippen molar-refractivity contribution in [3.63, 3.8) is 0 Å². The molecule has 0 radical (unpaired) electrons. The van der Waals surface area contributed by atoms with Gasteiger partial charge in [-0.15, -0.1) is 0 Å². The zero-order valence-electron chi connectivity index (χ0n) is 10.9. The van der Waals surface area contributed by atoms with Gasteiger partial charge < -0.3 is 9.52 Å². The SMILES string of the molecule is O=C(/C=C/c1cccc(O)c1)c1cccc2[nH]c(=O)oc12. The normalized spacial score (nSPS) is 11.2. The van der Waals surface area contributed by atoms with Gasteiger partial charge in [-0.05, 0) is 35.9 Å². The number of allylic oxidation sites excluding steroid dienone is 1. The van der Waals surface area contributed by atoms with Gasteiger partial charge in [0.25, 0.3) is 0 Å². The molecule has 5 nitrogen and oxygen atoms in total. The van der Waals surface area contributed by atoms with E-state index < -0.39 is 5.76 Å². The molecule has 0 saturated carbocycles. The van der Waals surface area contributed by atoms with Gasteiger partial charge >= 0.3 is 5.76 Å². The fourth-order valence-electron chi connectivity index (χ4n) is 2.06. The molecule has 0 atom stereocenters. The van der Waals surface area contributed by atoms with E-state index in [0.29, 0.717) is 16.6 Å². The van der Waals surface area contributed by atoms with Gasteiger partial charge in [-0.1, -0.05) is 24.3 Å². The molecule has 21 heavy (non-hydrogen) atoms. The number of aromatic nitrogens is 1. The highest BCUT2D eigenvalue weighted by Gasteiger charge is 2.11. The van der Waals surface area contributed by atoms with E-state index >= 15 is 0 Å². The molecule has 104 valence electrons. The molecule has 1 heterocycles. The third-order valence-electron chi connectivity index (χ3n) is 3.01. The van der Waals surface area contributed by atoms with E-state index in [0.717, 1.165) is 0 Å². The Morgan fingerprint density at radius 1 is 1.19 bits per heavy atom. The maximum absolute atomic E-state index is 12.2. The van der Waals surface area contributed by atoms with Crippen LogP contribution in [0.1, 0.15) is 15.9 Å². The van der Waals surface area contributed by atoms with Gasteiger partial charge in [0.1, 0.15) is 5.75 Å². The minimum Gasteiger partial charge on any atom is -0.508 e. The lowest BCUT2D eigenvalue weighted by Crippen LogP contribution is -1.95. The maximum Gasteiger partial charge on any atom is 0.417 e. The number of para-hydroxylation sites is 1. The van der Waals surface area contributed by atoms with Crippen LogP contribution in [0.25, 0.3) is 17.2 Å². The minimum absolute atomic E-state index is 0.128. The second-order valence-corrected chi connectivity index (χ2v) is 4.49. The molecule has 0 aliphatic heterocycles. The lowest BCUT2D eigenvalue weighted by Gasteiger charge is -1.97. The molecule has 3 rings (SSSR count). The van der Waals surface area contributed by atoms with Crippen LogP contribution in [0.4, 0.5) is 0 Å². The Kier molecular flexibility index (Phi) is 3.16. The maximum atomic E-state index is 12.2. The fraction of sp³-hybridized carbons (Fsp3) is 0. The van der Waals surface area contributed by atoms with Gasteiger partial charge in [0.05, 0.1) is 11.1 Å². The molecule has 3 aromatic rings. The molecular formula is C16H11NO4. The minimum atomic E-state index is -0.595. The summed E-state index contributed by atoms with van der Waals surface area (Å²) in [7, 11) is 0. The molecule has 0 aliphatic carbocycles. The molecule has 0 bridgehead atoms. The molecule has 2 aromatic carbocycles.